The number of hydrogen-bond acceptors (Lipinski definition) is 10. The monoisotopic (exact) mass is 565 g/mol. The molecule has 11 nitrogen and oxygen atoms in total. The van der Waals surface area contributed by atoms with Crippen molar-refractivity contribution in [3.63, 3.8) is 0 Å². The predicted molar refractivity (Wildman–Crippen MR) is 136 cm³/mol. The summed E-state index contributed by atoms with van der Waals surface area (Å²) in [5.41, 5.74) is 2.79. The number of nitrogens with one attached hydrogen (secondary N) is 2. The molecule has 0 unspecified atom stereocenters. The lowest BCUT2D eigenvalue weighted by molar-refractivity contribution is 0.0667. The van der Waals surface area contributed by atoms with Gasteiger partial charge in [-0.2, -0.15) is 13.1 Å². The van der Waals surface area contributed by atoms with E-state index in [2.05, 4.69) is 20.3 Å². The van der Waals surface area contributed by atoms with E-state index in [0.29, 0.717) is 40.0 Å². The number of halogens is 1. The van der Waals surface area contributed by atoms with Crippen LogP contribution in [0.15, 0.2) is 36.9 Å². The van der Waals surface area contributed by atoms with Crippen LogP contribution in [0.4, 0.5) is 5.82 Å². The second-order valence-electron chi connectivity index (χ2n) is 8.97. The van der Waals surface area contributed by atoms with E-state index >= 15 is 0 Å². The number of fused-ring (bicyclic) bond motifs is 1. The summed E-state index contributed by atoms with van der Waals surface area (Å²) in [5, 5.41) is 13.5. The summed E-state index contributed by atoms with van der Waals surface area (Å²) in [7, 11) is -4.36. The van der Waals surface area contributed by atoms with Gasteiger partial charge in [-0.25, -0.2) is 9.97 Å². The number of aliphatic hydroxyl groups excluding tert-OH is 1. The fraction of sp³-hybridized carbons (Fsp3) is 0.391. The van der Waals surface area contributed by atoms with Gasteiger partial charge in [0.25, 0.3) is 0 Å². The molecule has 2 aliphatic rings. The molecule has 1 aliphatic carbocycles. The Bertz CT molecular complexity index is 1420. The molecular formula is C23H24ClN5O6S2. The van der Waals surface area contributed by atoms with E-state index in [4.69, 9.17) is 20.9 Å². The zero-order valence-corrected chi connectivity index (χ0v) is 21.8. The Morgan fingerprint density at radius 1 is 1.30 bits per heavy atom. The highest BCUT2D eigenvalue weighted by Gasteiger charge is 2.35. The highest BCUT2D eigenvalue weighted by molar-refractivity contribution is 7.83. The summed E-state index contributed by atoms with van der Waals surface area (Å²) in [6.45, 7) is 0.416. The quantitative estimate of drug-likeness (QED) is 0.235. The smallest absolute Gasteiger partial charge is 0.333 e. The van der Waals surface area contributed by atoms with Crippen LogP contribution in [0.1, 0.15) is 51.0 Å². The van der Waals surface area contributed by atoms with Crippen molar-refractivity contribution < 1.29 is 27.6 Å². The number of aliphatic hydroxyl groups is 1. The average Bonchev–Trinajstić information content (AvgIpc) is 3.43. The molecule has 5 rings (SSSR count). The van der Waals surface area contributed by atoms with Crippen molar-refractivity contribution in [2.24, 2.45) is 5.92 Å². The number of aromatic nitrogens is 3. The first-order valence-corrected chi connectivity index (χ1v) is 14.2. The maximum Gasteiger partial charge on any atom is 0.333 e. The lowest BCUT2D eigenvalue weighted by atomic mass is 9.99. The normalized spacial score (nSPS) is 23.5. The summed E-state index contributed by atoms with van der Waals surface area (Å²) in [6, 6.07) is 5.33. The first-order valence-electron chi connectivity index (χ1n) is 11.6. The van der Waals surface area contributed by atoms with Crippen LogP contribution in [0.5, 0.6) is 0 Å². The van der Waals surface area contributed by atoms with E-state index < -0.39 is 28.4 Å². The van der Waals surface area contributed by atoms with Gasteiger partial charge in [0.15, 0.2) is 0 Å². The predicted octanol–water partition coefficient (Wildman–Crippen LogP) is 2.42. The molecule has 196 valence electrons. The summed E-state index contributed by atoms with van der Waals surface area (Å²) in [4.78, 5) is 26.6. The van der Waals surface area contributed by atoms with E-state index in [9.17, 15) is 18.3 Å². The largest absolute Gasteiger partial charge is 0.393 e. The van der Waals surface area contributed by atoms with Crippen molar-refractivity contribution in [1.29, 1.82) is 0 Å². The minimum atomic E-state index is -4.36. The van der Waals surface area contributed by atoms with Crippen molar-refractivity contribution in [1.82, 2.24) is 19.7 Å². The number of thiophene rings is 1. The van der Waals surface area contributed by atoms with Crippen LogP contribution in [0.3, 0.4) is 0 Å². The molecule has 4 heterocycles. The molecule has 3 aromatic rings. The van der Waals surface area contributed by atoms with Crippen LogP contribution in [-0.2, 0) is 21.5 Å². The minimum Gasteiger partial charge on any atom is -0.393 e. The summed E-state index contributed by atoms with van der Waals surface area (Å²) < 4.78 is 39.3. The van der Waals surface area contributed by atoms with Gasteiger partial charge in [0, 0.05) is 36.5 Å². The Morgan fingerprint density at radius 3 is 2.95 bits per heavy atom. The minimum absolute atomic E-state index is 0.106. The average molecular weight is 566 g/mol. The second-order valence-corrected chi connectivity index (χ2v) is 11.9. The van der Waals surface area contributed by atoms with Crippen molar-refractivity contribution in [2.45, 2.75) is 37.5 Å². The third-order valence-electron chi connectivity index (χ3n) is 6.53. The summed E-state index contributed by atoms with van der Waals surface area (Å²) in [5.74, 6) is -0.430. The van der Waals surface area contributed by atoms with Crippen molar-refractivity contribution in [3.05, 3.63) is 68.5 Å². The molecule has 0 aromatic carbocycles. The van der Waals surface area contributed by atoms with E-state index in [1.54, 1.807) is 12.3 Å². The van der Waals surface area contributed by atoms with E-state index in [0.717, 1.165) is 29.0 Å². The van der Waals surface area contributed by atoms with Gasteiger partial charge in [0.1, 0.15) is 18.2 Å². The van der Waals surface area contributed by atoms with Gasteiger partial charge in [0.2, 0.25) is 5.78 Å². The van der Waals surface area contributed by atoms with Crippen molar-refractivity contribution in [3.8, 4) is 0 Å². The van der Waals surface area contributed by atoms with Gasteiger partial charge in [-0.05, 0) is 37.0 Å². The molecule has 0 spiro atoms. The number of carbonyl (C=O) groups is 1. The Labute approximate surface area is 222 Å². The highest BCUT2D eigenvalue weighted by atomic mass is 35.5. The molecule has 0 saturated heterocycles. The van der Waals surface area contributed by atoms with Gasteiger partial charge in [-0.1, -0.05) is 17.7 Å². The molecule has 1 saturated carbocycles. The highest BCUT2D eigenvalue weighted by Crippen LogP contribution is 2.40. The molecule has 0 amide bonds. The molecule has 4 atom stereocenters. The maximum absolute atomic E-state index is 13.5. The topological polar surface area (TPSA) is 164 Å². The second kappa shape index (κ2) is 10.7. The lowest BCUT2D eigenvalue weighted by Crippen LogP contribution is -2.32. The summed E-state index contributed by atoms with van der Waals surface area (Å²) in [6.07, 6.45) is 4.65. The zero-order chi connectivity index (χ0) is 26.2. The molecule has 37 heavy (non-hydrogen) atoms. The molecule has 1 aliphatic heterocycles. The fourth-order valence-corrected chi connectivity index (χ4v) is 6.46. The Morgan fingerprint density at radius 2 is 2.14 bits per heavy atom. The van der Waals surface area contributed by atoms with Crippen LogP contribution < -0.4 is 10.0 Å². The van der Waals surface area contributed by atoms with Crippen molar-refractivity contribution in [2.75, 3.05) is 18.5 Å². The molecule has 14 heteroatoms. The van der Waals surface area contributed by atoms with E-state index in [-0.39, 0.29) is 23.9 Å². The Balaban J connectivity index is 1.34. The zero-order valence-electron chi connectivity index (χ0n) is 19.4. The first kappa shape index (κ1) is 26.1. The Kier molecular flexibility index (Phi) is 7.54. The molecule has 0 bridgehead atoms. The third kappa shape index (κ3) is 5.82. The van der Waals surface area contributed by atoms with Crippen molar-refractivity contribution >= 4 is 44.8 Å². The lowest BCUT2D eigenvalue weighted by Gasteiger charge is -2.24. The Hall–Kier alpha value is -2.52. The number of ether oxygens (including phenoxy) is 1. The molecule has 4 N–H and O–H groups in total. The number of carbonyl (C=O) groups excluding carboxylic acids is 1. The number of rotatable bonds is 8. The van der Waals surface area contributed by atoms with Crippen LogP contribution in [0, 0.1) is 5.92 Å². The standard InChI is InChI=1S/C23H24ClN5O6S2/c24-22-15(21-19-12(3-5-35-21)2-1-4-26-19)8-18(36-22)20(31)16-10-25-11-27-23(16)29-14-6-13(17(30)7-14)9-28-37(32,33)34/h1-2,4,8,10-11,13-14,17,21,28,30H,3,5-7,9H2,(H,25,27,29)(H,32,33,34)/t13-,14-,17+,21+/m1/s1. The number of ketones is 1. The van der Waals surface area contributed by atoms with Gasteiger partial charge in [-0.3, -0.25) is 14.3 Å². The van der Waals surface area contributed by atoms with Crippen LogP contribution in [-0.4, -0.2) is 64.1 Å². The number of nitrogens with zero attached hydrogens (tertiary/aromatic N) is 3. The van der Waals surface area contributed by atoms with E-state index in [1.165, 1.54) is 12.5 Å². The summed E-state index contributed by atoms with van der Waals surface area (Å²) >= 11 is 7.71. The molecule has 0 radical (unpaired) electrons. The van der Waals surface area contributed by atoms with E-state index in [1.807, 2.05) is 16.9 Å². The molecule has 3 aromatic heterocycles. The molecule has 1 fully saturated rings. The SMILES string of the molecule is O=C(c1cc([C@@H]2OCCc3cccnc32)c(Cl)s1)c1cncnc1N[C@@H]1C[C@H](CNS(=O)(=O)O)[C@@H](O)C1. The van der Waals surface area contributed by atoms with Gasteiger partial charge >= 0.3 is 10.3 Å². The number of hydrogen-bond donors (Lipinski definition) is 4. The van der Waals surface area contributed by atoms with Gasteiger partial charge in [-0.15, -0.1) is 11.3 Å². The molecular weight excluding hydrogens is 542 g/mol. The fourth-order valence-electron chi connectivity index (χ4n) is 4.76. The maximum atomic E-state index is 13.5. The third-order valence-corrected chi connectivity index (χ3v) is 8.45. The van der Waals surface area contributed by atoms with Crippen LogP contribution >= 0.6 is 22.9 Å². The van der Waals surface area contributed by atoms with Gasteiger partial charge < -0.3 is 15.2 Å². The van der Waals surface area contributed by atoms with Gasteiger partial charge in [0.05, 0.1) is 33.2 Å². The number of anilines is 1. The van der Waals surface area contributed by atoms with Crippen LogP contribution in [0.2, 0.25) is 4.34 Å². The van der Waals surface area contributed by atoms with Crippen LogP contribution in [0.25, 0.3) is 0 Å². The number of pyridine rings is 1. The first-order chi connectivity index (χ1) is 17.7.